The van der Waals surface area contributed by atoms with Gasteiger partial charge in [0.25, 0.3) is 0 Å². The second-order valence-corrected chi connectivity index (χ2v) is 11.1. The summed E-state index contributed by atoms with van der Waals surface area (Å²) in [6, 6.07) is 5.00. The van der Waals surface area contributed by atoms with Crippen molar-refractivity contribution in [1.29, 1.82) is 5.26 Å². The van der Waals surface area contributed by atoms with Crippen molar-refractivity contribution in [2.75, 3.05) is 0 Å². The van der Waals surface area contributed by atoms with E-state index in [-0.39, 0.29) is 12.8 Å². The van der Waals surface area contributed by atoms with Crippen LogP contribution in [0.15, 0.2) is 48.6 Å². The van der Waals surface area contributed by atoms with Crippen LogP contribution in [0.1, 0.15) is 58.4 Å². The fraction of sp³-hybridized carbons (Fsp3) is 0.571. The van der Waals surface area contributed by atoms with E-state index >= 15 is 0 Å². The van der Waals surface area contributed by atoms with Gasteiger partial charge in [-0.2, -0.15) is 31.6 Å². The highest BCUT2D eigenvalue weighted by molar-refractivity contribution is 5.83. The Labute approximate surface area is 228 Å². The molecule has 2 aliphatic rings. The van der Waals surface area contributed by atoms with Crippen molar-refractivity contribution in [3.8, 4) is 6.07 Å². The van der Waals surface area contributed by atoms with Crippen molar-refractivity contribution in [3.63, 3.8) is 0 Å². The van der Waals surface area contributed by atoms with Crippen molar-refractivity contribution in [1.82, 2.24) is 10.6 Å². The molecule has 1 saturated carbocycles. The van der Waals surface area contributed by atoms with Crippen molar-refractivity contribution >= 4 is 11.5 Å². The lowest BCUT2D eigenvalue weighted by molar-refractivity contribution is -0.315. The Morgan fingerprint density at radius 3 is 2.10 bits per heavy atom. The minimum Gasteiger partial charge on any atom is -0.380 e. The van der Waals surface area contributed by atoms with Crippen LogP contribution in [-0.2, 0) is 4.79 Å². The van der Waals surface area contributed by atoms with Crippen LogP contribution < -0.4 is 10.6 Å². The standard InChI is InChI=1S/C28H32F7N3O2/c1-4-26(40,28(33,34)35)25(12-10-19(11-13-25)18-8-6-5-7-9-18)22(27(30,31)32)37-20(16-23(2,3)29)21(39)38-24(17-36)14-15-24/h5-12,20,22,37,40H,4,13-16H2,1-3H3,(H,38,39)/t20-,22?,25?,26-/m0/s1. The molecule has 40 heavy (non-hydrogen) atoms. The maximum absolute atomic E-state index is 14.8. The third-order valence-electron chi connectivity index (χ3n) is 7.62. The summed E-state index contributed by atoms with van der Waals surface area (Å²) in [6.07, 6.45) is -10.4. The van der Waals surface area contributed by atoms with Crippen LogP contribution in [0.5, 0.6) is 0 Å². The highest BCUT2D eigenvalue weighted by Crippen LogP contribution is 2.56. The molecule has 3 rings (SSSR count). The quantitative estimate of drug-likeness (QED) is 0.303. The second kappa shape index (κ2) is 10.8. The second-order valence-electron chi connectivity index (χ2n) is 11.1. The van der Waals surface area contributed by atoms with Crippen molar-refractivity contribution in [2.45, 2.75) is 94.1 Å². The average molecular weight is 576 g/mol. The fourth-order valence-electron chi connectivity index (χ4n) is 5.21. The number of alkyl halides is 7. The molecule has 5 nitrogen and oxygen atoms in total. The minimum absolute atomic E-state index is 0.229. The molecular formula is C28H32F7N3O2. The zero-order valence-electron chi connectivity index (χ0n) is 22.3. The van der Waals surface area contributed by atoms with Gasteiger partial charge >= 0.3 is 12.4 Å². The van der Waals surface area contributed by atoms with Gasteiger partial charge in [0.2, 0.25) is 5.91 Å². The molecule has 3 N–H and O–H groups in total. The first-order valence-corrected chi connectivity index (χ1v) is 12.8. The number of benzene rings is 1. The summed E-state index contributed by atoms with van der Waals surface area (Å²) in [5.41, 5.74) is -9.60. The monoisotopic (exact) mass is 575 g/mol. The lowest BCUT2D eigenvalue weighted by atomic mass is 9.60. The maximum atomic E-state index is 14.8. The Kier molecular flexibility index (Phi) is 8.55. The predicted molar refractivity (Wildman–Crippen MR) is 134 cm³/mol. The van der Waals surface area contributed by atoms with Gasteiger partial charge in [0.1, 0.15) is 17.2 Å². The molecule has 2 aliphatic carbocycles. The first-order valence-electron chi connectivity index (χ1n) is 12.8. The molecule has 0 aliphatic heterocycles. The molecular weight excluding hydrogens is 543 g/mol. The molecule has 0 spiro atoms. The van der Waals surface area contributed by atoms with Crippen LogP contribution >= 0.6 is 0 Å². The third kappa shape index (κ3) is 6.36. The number of aliphatic hydroxyl groups is 1. The Bertz CT molecular complexity index is 1180. The lowest BCUT2D eigenvalue weighted by Crippen LogP contribution is -2.70. The van der Waals surface area contributed by atoms with Crippen LogP contribution in [0.3, 0.4) is 0 Å². The normalized spacial score (nSPS) is 23.8. The summed E-state index contributed by atoms with van der Waals surface area (Å²) in [7, 11) is 0. The molecule has 1 aromatic rings. The van der Waals surface area contributed by atoms with Crippen LogP contribution in [0.2, 0.25) is 0 Å². The van der Waals surface area contributed by atoms with Crippen molar-refractivity contribution in [3.05, 3.63) is 54.1 Å². The van der Waals surface area contributed by atoms with E-state index in [1.165, 1.54) is 6.08 Å². The van der Waals surface area contributed by atoms with Crippen molar-refractivity contribution < 1.29 is 40.6 Å². The Balaban J connectivity index is 2.14. The summed E-state index contributed by atoms with van der Waals surface area (Å²) in [5, 5.41) is 24.7. The largest absolute Gasteiger partial charge is 0.418 e. The number of amides is 1. The van der Waals surface area contributed by atoms with Gasteiger partial charge in [0, 0.05) is 6.42 Å². The van der Waals surface area contributed by atoms with Gasteiger partial charge in [-0.05, 0) is 50.7 Å². The topological polar surface area (TPSA) is 85.2 Å². The van der Waals surface area contributed by atoms with E-state index < -0.39 is 71.8 Å². The number of carbonyl (C=O) groups is 1. The van der Waals surface area contributed by atoms with E-state index in [0.29, 0.717) is 17.2 Å². The number of carbonyl (C=O) groups excluding carboxylic acids is 1. The predicted octanol–water partition coefficient (Wildman–Crippen LogP) is 5.92. The van der Waals surface area contributed by atoms with E-state index in [9.17, 15) is 45.9 Å². The van der Waals surface area contributed by atoms with E-state index in [1.54, 1.807) is 30.3 Å². The van der Waals surface area contributed by atoms with Gasteiger partial charge in [0.15, 0.2) is 5.60 Å². The number of hydrogen-bond donors (Lipinski definition) is 3. The summed E-state index contributed by atoms with van der Waals surface area (Å²) in [4.78, 5) is 13.1. The van der Waals surface area contributed by atoms with Crippen LogP contribution in [0.25, 0.3) is 5.57 Å². The van der Waals surface area contributed by atoms with Gasteiger partial charge in [0.05, 0.1) is 17.5 Å². The van der Waals surface area contributed by atoms with Crippen LogP contribution in [0, 0.1) is 16.7 Å². The highest BCUT2D eigenvalue weighted by atomic mass is 19.4. The number of rotatable bonds is 10. The molecule has 1 amide bonds. The Morgan fingerprint density at radius 2 is 1.70 bits per heavy atom. The number of nitrogens with one attached hydrogen (secondary N) is 2. The van der Waals surface area contributed by atoms with Crippen LogP contribution in [-0.4, -0.2) is 52.3 Å². The smallest absolute Gasteiger partial charge is 0.380 e. The molecule has 4 atom stereocenters. The van der Waals surface area contributed by atoms with Crippen LogP contribution in [0.4, 0.5) is 30.7 Å². The zero-order chi connectivity index (χ0) is 30.2. The number of nitrogens with zero attached hydrogens (tertiary/aromatic N) is 1. The molecule has 0 heterocycles. The lowest BCUT2D eigenvalue weighted by Gasteiger charge is -2.52. The molecule has 0 aromatic heterocycles. The number of halogens is 7. The maximum Gasteiger partial charge on any atom is 0.418 e. The Hall–Kier alpha value is -2.91. The summed E-state index contributed by atoms with van der Waals surface area (Å²) in [5.74, 6) is -1.15. The molecule has 0 radical (unpaired) electrons. The molecule has 2 unspecified atom stereocenters. The van der Waals surface area contributed by atoms with Crippen molar-refractivity contribution in [2.24, 2.45) is 5.41 Å². The first kappa shape index (κ1) is 31.6. The molecule has 1 fully saturated rings. The van der Waals surface area contributed by atoms with E-state index in [4.69, 9.17) is 0 Å². The van der Waals surface area contributed by atoms with E-state index in [1.807, 2.05) is 11.4 Å². The molecule has 220 valence electrons. The van der Waals surface area contributed by atoms with E-state index in [2.05, 4.69) is 5.32 Å². The van der Waals surface area contributed by atoms with E-state index in [0.717, 1.165) is 26.8 Å². The number of nitriles is 1. The highest BCUT2D eigenvalue weighted by Gasteiger charge is 2.71. The number of allylic oxidation sites excluding steroid dienone is 3. The zero-order valence-corrected chi connectivity index (χ0v) is 22.3. The minimum atomic E-state index is -5.51. The van der Waals surface area contributed by atoms with Gasteiger partial charge < -0.3 is 10.4 Å². The molecule has 1 aromatic carbocycles. The number of hydrogen-bond acceptors (Lipinski definition) is 4. The Morgan fingerprint density at radius 1 is 1.10 bits per heavy atom. The SMILES string of the molecule is CC[C@@](O)(C(F)(F)F)C1(C(N[C@@H](CC(C)(C)F)C(=O)NC2(C#N)CC2)C(F)(F)F)C=CC(c2ccccc2)=CC1. The summed E-state index contributed by atoms with van der Waals surface area (Å²) in [6.45, 7) is 2.95. The average Bonchev–Trinajstić information content (AvgIpc) is 3.64. The van der Waals surface area contributed by atoms with Gasteiger partial charge in [-0.25, -0.2) is 4.39 Å². The summed E-state index contributed by atoms with van der Waals surface area (Å²) < 4.78 is 103. The first-order chi connectivity index (χ1) is 18.3. The fourth-order valence-corrected chi connectivity index (χ4v) is 5.21. The van der Waals surface area contributed by atoms with Gasteiger partial charge in [-0.1, -0.05) is 55.5 Å². The molecule has 0 bridgehead atoms. The van der Waals surface area contributed by atoms with Gasteiger partial charge in [-0.15, -0.1) is 0 Å². The third-order valence-corrected chi connectivity index (χ3v) is 7.62. The summed E-state index contributed by atoms with van der Waals surface area (Å²) >= 11 is 0. The van der Waals surface area contributed by atoms with Gasteiger partial charge in [-0.3, -0.25) is 10.1 Å². The molecule has 0 saturated heterocycles. The molecule has 12 heteroatoms.